The van der Waals surface area contributed by atoms with E-state index in [4.69, 9.17) is 20.9 Å². The molecule has 2 rings (SSSR count). The Morgan fingerprint density at radius 2 is 1.17 bits per heavy atom. The molecule has 0 aliphatic carbocycles. The number of benzene rings is 2. The molecule has 0 aliphatic rings. The molecule has 0 radical (unpaired) electrons. The summed E-state index contributed by atoms with van der Waals surface area (Å²) in [5, 5.41) is 0. The van der Waals surface area contributed by atoms with E-state index >= 15 is 0 Å². The molecule has 0 saturated heterocycles. The van der Waals surface area contributed by atoms with Crippen molar-refractivity contribution in [1.29, 1.82) is 0 Å². The zero-order valence-electron chi connectivity index (χ0n) is 13.8. The molecule has 0 amide bonds. The van der Waals surface area contributed by atoms with Crippen LogP contribution in [0.3, 0.4) is 0 Å². The van der Waals surface area contributed by atoms with Crippen LogP contribution < -0.4 is 31.8 Å². The Hall–Kier alpha value is -2.44. The van der Waals surface area contributed by atoms with E-state index in [0.717, 1.165) is 35.7 Å². The molecule has 130 valence electrons. The first-order chi connectivity index (χ1) is 11.8. The van der Waals surface area contributed by atoms with Crippen LogP contribution in [0, 0.1) is 0 Å². The van der Waals surface area contributed by atoms with Gasteiger partial charge in [-0.1, -0.05) is 12.1 Å². The molecule has 0 saturated carbocycles. The summed E-state index contributed by atoms with van der Waals surface area (Å²) >= 11 is 0. The Balaban J connectivity index is 1.86. The van der Waals surface area contributed by atoms with Crippen LogP contribution in [0.2, 0.25) is 0 Å². The van der Waals surface area contributed by atoms with Crippen LogP contribution >= 0.6 is 0 Å². The first-order valence-corrected chi connectivity index (χ1v) is 8.19. The monoisotopic (exact) mass is 330 g/mol. The number of hydrogen-bond acceptors (Lipinski definition) is 6. The second kappa shape index (κ2) is 10.4. The van der Waals surface area contributed by atoms with Crippen molar-refractivity contribution in [3.63, 3.8) is 0 Å². The van der Waals surface area contributed by atoms with E-state index in [2.05, 4.69) is 10.9 Å². The maximum Gasteiger partial charge on any atom is 0.121 e. The lowest BCUT2D eigenvalue weighted by Gasteiger charge is -2.13. The fraction of sp³-hybridized carbons (Fsp3) is 0.333. The van der Waals surface area contributed by atoms with Gasteiger partial charge in [-0.2, -0.15) is 0 Å². The summed E-state index contributed by atoms with van der Waals surface area (Å²) in [6, 6.07) is 15.5. The lowest BCUT2D eigenvalue weighted by Crippen LogP contribution is -2.10. The lowest BCUT2D eigenvalue weighted by molar-refractivity contribution is 0.313. The van der Waals surface area contributed by atoms with Crippen LogP contribution in [0.1, 0.15) is 12.8 Å². The fourth-order valence-corrected chi connectivity index (χ4v) is 2.02. The number of nitrogens with one attached hydrogen (secondary N) is 2. The van der Waals surface area contributed by atoms with Crippen molar-refractivity contribution < 1.29 is 9.47 Å². The average Bonchev–Trinajstić information content (AvgIpc) is 2.61. The molecule has 6 N–H and O–H groups in total. The standard InChI is InChI=1S/C18H26N4O2/c19-9-3-11-23-17-7-1-5-15(13-17)21-22-16-6-2-8-18(14-16)24-12-4-10-20/h1-2,5-8,13-14,21-22H,3-4,9-12,19-20H2. The highest BCUT2D eigenvalue weighted by Crippen LogP contribution is 2.20. The number of hydrogen-bond donors (Lipinski definition) is 4. The number of rotatable bonds is 11. The maximum absolute atomic E-state index is 5.64. The van der Waals surface area contributed by atoms with Crippen LogP contribution in [0.5, 0.6) is 11.5 Å². The van der Waals surface area contributed by atoms with E-state index in [9.17, 15) is 0 Å². The molecule has 0 aromatic heterocycles. The van der Waals surface area contributed by atoms with Crippen molar-refractivity contribution >= 4 is 11.4 Å². The van der Waals surface area contributed by atoms with Crippen LogP contribution in [0.25, 0.3) is 0 Å². The van der Waals surface area contributed by atoms with Gasteiger partial charge >= 0.3 is 0 Å². The van der Waals surface area contributed by atoms with Crippen molar-refractivity contribution in [2.45, 2.75) is 12.8 Å². The summed E-state index contributed by atoms with van der Waals surface area (Å²) in [7, 11) is 0. The van der Waals surface area contributed by atoms with E-state index in [-0.39, 0.29) is 0 Å². The van der Waals surface area contributed by atoms with Crippen LogP contribution in [-0.2, 0) is 0 Å². The zero-order valence-corrected chi connectivity index (χ0v) is 13.8. The van der Waals surface area contributed by atoms with Crippen molar-refractivity contribution in [2.24, 2.45) is 11.5 Å². The Labute approximate surface area is 143 Å². The first kappa shape index (κ1) is 17.9. The van der Waals surface area contributed by atoms with Gasteiger partial charge in [0.25, 0.3) is 0 Å². The molecule has 6 nitrogen and oxygen atoms in total. The Morgan fingerprint density at radius 1 is 0.708 bits per heavy atom. The molecule has 24 heavy (non-hydrogen) atoms. The Morgan fingerprint density at radius 3 is 1.58 bits per heavy atom. The number of ether oxygens (including phenoxy) is 2. The molecule has 6 heteroatoms. The summed E-state index contributed by atoms with van der Waals surface area (Å²) in [4.78, 5) is 0. The van der Waals surface area contributed by atoms with Gasteiger partial charge in [-0.25, -0.2) is 0 Å². The molecule has 0 fully saturated rings. The van der Waals surface area contributed by atoms with Gasteiger partial charge in [0, 0.05) is 12.1 Å². The summed E-state index contributed by atoms with van der Waals surface area (Å²) in [6.45, 7) is 2.50. The van der Waals surface area contributed by atoms with Gasteiger partial charge < -0.3 is 31.8 Å². The van der Waals surface area contributed by atoms with E-state index in [1.54, 1.807) is 0 Å². The van der Waals surface area contributed by atoms with Crippen LogP contribution in [0.4, 0.5) is 11.4 Å². The summed E-state index contributed by atoms with van der Waals surface area (Å²) in [5.41, 5.74) is 19.1. The minimum Gasteiger partial charge on any atom is -0.493 e. The Kier molecular flexibility index (Phi) is 7.73. The molecule has 0 aliphatic heterocycles. The van der Waals surface area contributed by atoms with Crippen molar-refractivity contribution in [1.82, 2.24) is 0 Å². The summed E-state index contributed by atoms with van der Waals surface area (Å²) in [5.74, 6) is 1.63. The normalized spacial score (nSPS) is 10.2. The second-order valence-corrected chi connectivity index (χ2v) is 5.29. The quantitative estimate of drug-likeness (QED) is 0.374. The lowest BCUT2D eigenvalue weighted by atomic mass is 10.3. The van der Waals surface area contributed by atoms with Gasteiger partial charge in [-0.15, -0.1) is 0 Å². The van der Waals surface area contributed by atoms with Gasteiger partial charge in [-0.05, 0) is 50.2 Å². The minimum absolute atomic E-state index is 0.621. The fourth-order valence-electron chi connectivity index (χ4n) is 2.02. The predicted molar refractivity (Wildman–Crippen MR) is 98.5 cm³/mol. The van der Waals surface area contributed by atoms with E-state index in [1.807, 2.05) is 48.5 Å². The van der Waals surface area contributed by atoms with Gasteiger partial charge in [0.15, 0.2) is 0 Å². The highest BCUT2D eigenvalue weighted by Gasteiger charge is 1.99. The number of anilines is 2. The molecule has 2 aromatic rings. The number of nitrogens with two attached hydrogens (primary N) is 2. The first-order valence-electron chi connectivity index (χ1n) is 8.19. The number of hydrazine groups is 1. The molecule has 0 atom stereocenters. The average molecular weight is 330 g/mol. The van der Waals surface area contributed by atoms with Gasteiger partial charge in [0.2, 0.25) is 0 Å². The van der Waals surface area contributed by atoms with Crippen molar-refractivity contribution in [3.8, 4) is 11.5 Å². The van der Waals surface area contributed by atoms with Crippen molar-refractivity contribution in [2.75, 3.05) is 37.2 Å². The SMILES string of the molecule is NCCCOc1cccc(NNc2cccc(OCCCN)c2)c1. The third-order valence-electron chi connectivity index (χ3n) is 3.25. The molecule has 2 aromatic carbocycles. The largest absolute Gasteiger partial charge is 0.493 e. The summed E-state index contributed by atoms with van der Waals surface area (Å²) in [6.07, 6.45) is 1.68. The minimum atomic E-state index is 0.621. The van der Waals surface area contributed by atoms with E-state index < -0.39 is 0 Å². The maximum atomic E-state index is 5.64. The third-order valence-corrected chi connectivity index (χ3v) is 3.25. The molecule has 0 unspecified atom stereocenters. The van der Waals surface area contributed by atoms with Gasteiger partial charge in [0.05, 0.1) is 24.6 Å². The summed E-state index contributed by atoms with van der Waals surface area (Å²) < 4.78 is 11.3. The van der Waals surface area contributed by atoms with Gasteiger partial charge in [0.1, 0.15) is 11.5 Å². The molecular weight excluding hydrogens is 304 g/mol. The molecular formula is C18H26N4O2. The molecule has 0 heterocycles. The second-order valence-electron chi connectivity index (χ2n) is 5.29. The van der Waals surface area contributed by atoms with Gasteiger partial charge in [-0.3, -0.25) is 0 Å². The molecule has 0 spiro atoms. The smallest absolute Gasteiger partial charge is 0.121 e. The zero-order chi connectivity index (χ0) is 17.0. The third kappa shape index (κ3) is 6.36. The van der Waals surface area contributed by atoms with Crippen LogP contribution in [-0.4, -0.2) is 26.3 Å². The van der Waals surface area contributed by atoms with Crippen LogP contribution in [0.15, 0.2) is 48.5 Å². The Bertz CT molecular complexity index is 554. The van der Waals surface area contributed by atoms with E-state index in [0.29, 0.717) is 26.3 Å². The topological polar surface area (TPSA) is 94.6 Å². The molecule has 0 bridgehead atoms. The highest BCUT2D eigenvalue weighted by molar-refractivity contribution is 5.56. The predicted octanol–water partition coefficient (Wildman–Crippen LogP) is 2.58. The van der Waals surface area contributed by atoms with E-state index in [1.165, 1.54) is 0 Å². The highest BCUT2D eigenvalue weighted by atomic mass is 16.5. The van der Waals surface area contributed by atoms with Crippen molar-refractivity contribution in [3.05, 3.63) is 48.5 Å².